The minimum absolute atomic E-state index is 0.0219. The lowest BCUT2D eigenvalue weighted by Gasteiger charge is -2.19. The average molecular weight is 224 g/mol. The molecule has 16 heavy (non-hydrogen) atoms. The Labute approximate surface area is 95.4 Å². The summed E-state index contributed by atoms with van der Waals surface area (Å²) in [5.74, 6) is -0.327. The van der Waals surface area contributed by atoms with Crippen molar-refractivity contribution in [1.82, 2.24) is 0 Å². The van der Waals surface area contributed by atoms with Crippen LogP contribution in [0, 0.1) is 19.7 Å². The van der Waals surface area contributed by atoms with Gasteiger partial charge in [0.1, 0.15) is 0 Å². The number of ether oxygens (including phenoxy) is 1. The third-order valence-electron chi connectivity index (χ3n) is 2.61. The quantitative estimate of drug-likeness (QED) is 0.674. The Kier molecular flexibility index (Phi) is 4.05. The number of rotatable bonds is 0. The molecular formula is C13H17FO2. The van der Waals surface area contributed by atoms with E-state index >= 15 is 0 Å². The Morgan fingerprint density at radius 3 is 2.56 bits per heavy atom. The third-order valence-corrected chi connectivity index (χ3v) is 2.61. The van der Waals surface area contributed by atoms with Crippen molar-refractivity contribution >= 4 is 5.78 Å². The van der Waals surface area contributed by atoms with E-state index in [1.807, 2.05) is 20.8 Å². The van der Waals surface area contributed by atoms with Crippen molar-refractivity contribution in [2.24, 2.45) is 0 Å². The highest BCUT2D eigenvalue weighted by Gasteiger charge is 2.24. The molecule has 0 atom stereocenters. The predicted molar refractivity (Wildman–Crippen MR) is 61.7 cm³/mol. The third kappa shape index (κ3) is 2.08. The van der Waals surface area contributed by atoms with E-state index in [4.69, 9.17) is 4.74 Å². The van der Waals surface area contributed by atoms with E-state index in [1.54, 1.807) is 6.92 Å². The number of hydrogen-bond donors (Lipinski definition) is 0. The average Bonchev–Trinajstić information content (AvgIpc) is 2.29. The van der Waals surface area contributed by atoms with Crippen LogP contribution in [0.1, 0.15) is 41.8 Å². The molecule has 1 aliphatic heterocycles. The molecule has 0 unspecified atom stereocenters. The van der Waals surface area contributed by atoms with Crippen molar-refractivity contribution in [1.29, 1.82) is 0 Å². The van der Waals surface area contributed by atoms with Crippen LogP contribution in [0.5, 0.6) is 5.75 Å². The molecule has 0 saturated carbocycles. The zero-order chi connectivity index (χ0) is 12.3. The Balaban J connectivity index is 0.000000606. The Morgan fingerprint density at radius 2 is 1.94 bits per heavy atom. The molecule has 1 heterocycles. The number of halogens is 1. The molecule has 0 fully saturated rings. The molecule has 2 rings (SSSR count). The Hall–Kier alpha value is -1.38. The van der Waals surface area contributed by atoms with Crippen molar-refractivity contribution in [2.45, 2.75) is 34.1 Å². The number of fused-ring (bicyclic) bond motifs is 1. The van der Waals surface area contributed by atoms with Gasteiger partial charge in [0.15, 0.2) is 17.3 Å². The zero-order valence-electron chi connectivity index (χ0n) is 10.2. The van der Waals surface area contributed by atoms with Crippen molar-refractivity contribution in [3.63, 3.8) is 0 Å². The first-order valence-electron chi connectivity index (χ1n) is 5.57. The Bertz CT molecular complexity index is 411. The maximum Gasteiger partial charge on any atom is 0.170 e. The van der Waals surface area contributed by atoms with Crippen LogP contribution in [-0.4, -0.2) is 12.4 Å². The van der Waals surface area contributed by atoms with Gasteiger partial charge in [0.05, 0.1) is 12.2 Å². The highest BCUT2D eigenvalue weighted by Crippen LogP contribution is 2.32. The van der Waals surface area contributed by atoms with Crippen LogP contribution in [0.2, 0.25) is 0 Å². The lowest BCUT2D eigenvalue weighted by Crippen LogP contribution is -2.18. The molecule has 88 valence electrons. The van der Waals surface area contributed by atoms with E-state index in [0.717, 1.165) is 11.1 Å². The van der Waals surface area contributed by atoms with Gasteiger partial charge in [0.25, 0.3) is 0 Å². The normalized spacial score (nSPS) is 13.4. The van der Waals surface area contributed by atoms with E-state index in [2.05, 4.69) is 0 Å². The monoisotopic (exact) mass is 224 g/mol. The molecule has 0 bridgehead atoms. The fraction of sp³-hybridized carbons (Fsp3) is 0.462. The molecule has 0 saturated heterocycles. The van der Waals surface area contributed by atoms with Crippen molar-refractivity contribution in [2.75, 3.05) is 6.61 Å². The zero-order valence-corrected chi connectivity index (χ0v) is 10.2. The number of carbonyl (C=O) groups is 1. The second-order valence-corrected chi connectivity index (χ2v) is 3.53. The topological polar surface area (TPSA) is 26.3 Å². The first-order valence-corrected chi connectivity index (χ1v) is 5.57. The van der Waals surface area contributed by atoms with Crippen molar-refractivity contribution in [3.8, 4) is 5.75 Å². The number of ketones is 1. The molecule has 1 aromatic carbocycles. The minimum Gasteiger partial charge on any atom is -0.489 e. The van der Waals surface area contributed by atoms with Crippen LogP contribution in [-0.2, 0) is 0 Å². The van der Waals surface area contributed by atoms with Gasteiger partial charge in [0, 0.05) is 6.42 Å². The molecule has 0 N–H and O–H groups in total. The van der Waals surface area contributed by atoms with Gasteiger partial charge in [-0.1, -0.05) is 13.8 Å². The number of aryl methyl sites for hydroxylation is 1. The largest absolute Gasteiger partial charge is 0.489 e. The van der Waals surface area contributed by atoms with E-state index in [-0.39, 0.29) is 18.1 Å². The molecule has 0 amide bonds. The second kappa shape index (κ2) is 5.10. The van der Waals surface area contributed by atoms with Crippen LogP contribution in [0.25, 0.3) is 0 Å². The van der Waals surface area contributed by atoms with E-state index < -0.39 is 5.82 Å². The fourth-order valence-corrected chi connectivity index (χ4v) is 1.70. The molecule has 1 aromatic rings. The summed E-state index contributed by atoms with van der Waals surface area (Å²) < 4.78 is 18.6. The predicted octanol–water partition coefficient (Wildman–Crippen LogP) is 3.43. The summed E-state index contributed by atoms with van der Waals surface area (Å²) in [5.41, 5.74) is 2.04. The standard InChI is InChI=1S/C11H11FO2.C2H6/c1-6-5-8(12)11-10(7(6)2)9(13)3-4-14-11;1-2/h5H,3-4H2,1-2H3;1-2H3. The van der Waals surface area contributed by atoms with Crippen LogP contribution in [0.15, 0.2) is 6.07 Å². The van der Waals surface area contributed by atoms with Gasteiger partial charge in [-0.3, -0.25) is 4.79 Å². The molecule has 0 aromatic heterocycles. The molecule has 0 spiro atoms. The van der Waals surface area contributed by atoms with Gasteiger partial charge in [-0.05, 0) is 31.0 Å². The summed E-state index contributed by atoms with van der Waals surface area (Å²) in [5, 5.41) is 0. The van der Waals surface area contributed by atoms with Crippen LogP contribution in [0.3, 0.4) is 0 Å². The van der Waals surface area contributed by atoms with Gasteiger partial charge >= 0.3 is 0 Å². The van der Waals surface area contributed by atoms with E-state index in [0.29, 0.717) is 12.0 Å². The second-order valence-electron chi connectivity index (χ2n) is 3.53. The van der Waals surface area contributed by atoms with E-state index in [1.165, 1.54) is 6.07 Å². The first kappa shape index (κ1) is 12.7. The molecular weight excluding hydrogens is 207 g/mol. The summed E-state index contributed by atoms with van der Waals surface area (Å²) in [6, 6.07) is 1.41. The highest BCUT2D eigenvalue weighted by molar-refractivity contribution is 6.01. The lowest BCUT2D eigenvalue weighted by molar-refractivity contribution is 0.0928. The van der Waals surface area contributed by atoms with Crippen LogP contribution >= 0.6 is 0 Å². The summed E-state index contributed by atoms with van der Waals surface area (Å²) in [6.07, 6.45) is 0.344. The van der Waals surface area contributed by atoms with Gasteiger partial charge in [-0.2, -0.15) is 0 Å². The summed E-state index contributed by atoms with van der Waals surface area (Å²) in [4.78, 5) is 11.6. The molecule has 2 nitrogen and oxygen atoms in total. The summed E-state index contributed by atoms with van der Waals surface area (Å²) in [7, 11) is 0. The number of hydrogen-bond acceptors (Lipinski definition) is 2. The maximum atomic E-state index is 13.4. The summed E-state index contributed by atoms with van der Waals surface area (Å²) in [6.45, 7) is 7.89. The van der Waals surface area contributed by atoms with Crippen LogP contribution < -0.4 is 4.74 Å². The molecule has 0 aliphatic carbocycles. The molecule has 1 aliphatic rings. The Morgan fingerprint density at radius 1 is 1.31 bits per heavy atom. The molecule has 3 heteroatoms. The van der Waals surface area contributed by atoms with Gasteiger partial charge < -0.3 is 4.74 Å². The summed E-state index contributed by atoms with van der Waals surface area (Å²) >= 11 is 0. The number of Topliss-reactive ketones (excluding diaryl/α,β-unsaturated/α-hetero) is 1. The van der Waals surface area contributed by atoms with Crippen molar-refractivity contribution < 1.29 is 13.9 Å². The molecule has 0 radical (unpaired) electrons. The SMILES string of the molecule is CC.Cc1cc(F)c2c(c1C)C(=O)CCO2. The maximum absolute atomic E-state index is 13.4. The first-order chi connectivity index (χ1) is 7.61. The van der Waals surface area contributed by atoms with Crippen LogP contribution in [0.4, 0.5) is 4.39 Å². The van der Waals surface area contributed by atoms with Gasteiger partial charge in [-0.15, -0.1) is 0 Å². The highest BCUT2D eigenvalue weighted by atomic mass is 19.1. The minimum atomic E-state index is -0.434. The smallest absolute Gasteiger partial charge is 0.170 e. The lowest BCUT2D eigenvalue weighted by atomic mass is 9.96. The van der Waals surface area contributed by atoms with Gasteiger partial charge in [0.2, 0.25) is 0 Å². The van der Waals surface area contributed by atoms with E-state index in [9.17, 15) is 9.18 Å². The fourth-order valence-electron chi connectivity index (χ4n) is 1.70. The number of benzene rings is 1. The van der Waals surface area contributed by atoms with Crippen molar-refractivity contribution in [3.05, 3.63) is 28.6 Å². The number of carbonyl (C=O) groups excluding carboxylic acids is 1. The van der Waals surface area contributed by atoms with Gasteiger partial charge in [-0.25, -0.2) is 4.39 Å².